The summed E-state index contributed by atoms with van der Waals surface area (Å²) in [5.74, 6) is -0.464. The summed E-state index contributed by atoms with van der Waals surface area (Å²) in [7, 11) is 1.56. The molecule has 6 nitrogen and oxygen atoms in total. The van der Waals surface area contributed by atoms with Crippen LogP contribution < -0.4 is 15.4 Å². The van der Waals surface area contributed by atoms with Gasteiger partial charge in [0.25, 0.3) is 0 Å². The van der Waals surface area contributed by atoms with Gasteiger partial charge in [0, 0.05) is 5.70 Å². The van der Waals surface area contributed by atoms with E-state index in [0.29, 0.717) is 17.9 Å². The number of carbonyl (C=O) groups excluding carboxylic acids is 2. The zero-order chi connectivity index (χ0) is 17.0. The molecular weight excluding hydrogens is 296 g/mol. The van der Waals surface area contributed by atoms with E-state index in [9.17, 15) is 9.59 Å². The van der Waals surface area contributed by atoms with E-state index in [1.165, 1.54) is 0 Å². The third-order valence-electron chi connectivity index (χ3n) is 3.87. The molecule has 1 aliphatic heterocycles. The quantitative estimate of drug-likeness (QED) is 0.818. The van der Waals surface area contributed by atoms with Gasteiger partial charge in [-0.05, 0) is 31.0 Å². The second-order valence-corrected chi connectivity index (χ2v) is 5.51. The molecule has 124 valence electrons. The molecule has 3 atom stereocenters. The van der Waals surface area contributed by atoms with Crippen LogP contribution in [0.1, 0.15) is 31.9 Å². The SMILES string of the molecule is C=C1NC(=O)NC(c2cccc(OC)c2)C1C(=O)OC(C)CC. The highest BCUT2D eigenvalue weighted by atomic mass is 16.5. The van der Waals surface area contributed by atoms with Gasteiger partial charge in [0.2, 0.25) is 0 Å². The summed E-state index contributed by atoms with van der Waals surface area (Å²) < 4.78 is 10.6. The molecule has 2 rings (SSSR count). The third kappa shape index (κ3) is 3.83. The molecule has 1 aliphatic rings. The summed E-state index contributed by atoms with van der Waals surface area (Å²) in [6, 6.07) is 6.27. The van der Waals surface area contributed by atoms with Gasteiger partial charge in [-0.3, -0.25) is 4.79 Å². The summed E-state index contributed by atoms with van der Waals surface area (Å²) >= 11 is 0. The van der Waals surface area contributed by atoms with Crippen molar-refractivity contribution in [1.29, 1.82) is 0 Å². The highest BCUT2D eigenvalue weighted by molar-refractivity contribution is 5.85. The van der Waals surface area contributed by atoms with Crippen molar-refractivity contribution in [3.63, 3.8) is 0 Å². The summed E-state index contributed by atoms with van der Waals surface area (Å²) in [5, 5.41) is 5.32. The minimum Gasteiger partial charge on any atom is -0.497 e. The van der Waals surface area contributed by atoms with Crippen LogP contribution in [0.2, 0.25) is 0 Å². The Hall–Kier alpha value is -2.50. The van der Waals surface area contributed by atoms with Crippen LogP contribution in [0.15, 0.2) is 36.5 Å². The number of nitrogens with one attached hydrogen (secondary N) is 2. The molecule has 0 radical (unpaired) electrons. The van der Waals surface area contributed by atoms with E-state index in [2.05, 4.69) is 17.2 Å². The first-order valence-electron chi connectivity index (χ1n) is 7.57. The normalized spacial score (nSPS) is 21.9. The third-order valence-corrected chi connectivity index (χ3v) is 3.87. The Morgan fingerprint density at radius 3 is 2.83 bits per heavy atom. The maximum absolute atomic E-state index is 12.5. The molecule has 1 aromatic rings. The number of ether oxygens (including phenoxy) is 2. The van der Waals surface area contributed by atoms with Crippen molar-refractivity contribution in [1.82, 2.24) is 10.6 Å². The molecule has 23 heavy (non-hydrogen) atoms. The number of esters is 1. The van der Waals surface area contributed by atoms with Crippen LogP contribution in [-0.2, 0) is 9.53 Å². The smallest absolute Gasteiger partial charge is 0.319 e. The van der Waals surface area contributed by atoms with Crippen molar-refractivity contribution in [2.45, 2.75) is 32.4 Å². The molecule has 1 saturated heterocycles. The lowest BCUT2D eigenvalue weighted by atomic mass is 9.89. The van der Waals surface area contributed by atoms with Gasteiger partial charge in [0.15, 0.2) is 0 Å². The van der Waals surface area contributed by atoms with E-state index >= 15 is 0 Å². The minimum atomic E-state index is -0.700. The fraction of sp³-hybridized carbons (Fsp3) is 0.412. The Morgan fingerprint density at radius 1 is 1.43 bits per heavy atom. The predicted octanol–water partition coefficient (Wildman–Crippen LogP) is 2.52. The van der Waals surface area contributed by atoms with Crippen molar-refractivity contribution in [2.24, 2.45) is 5.92 Å². The largest absolute Gasteiger partial charge is 0.497 e. The summed E-state index contributed by atoms with van der Waals surface area (Å²) in [5.41, 5.74) is 1.08. The molecule has 1 aromatic carbocycles. The Bertz CT molecular complexity index is 614. The second-order valence-electron chi connectivity index (χ2n) is 5.51. The lowest BCUT2D eigenvalue weighted by Gasteiger charge is -2.34. The number of amides is 2. The van der Waals surface area contributed by atoms with Gasteiger partial charge in [-0.2, -0.15) is 0 Å². The Morgan fingerprint density at radius 2 is 2.17 bits per heavy atom. The van der Waals surface area contributed by atoms with Crippen LogP contribution in [0.25, 0.3) is 0 Å². The van der Waals surface area contributed by atoms with Crippen LogP contribution in [0.3, 0.4) is 0 Å². The molecule has 6 heteroatoms. The average molecular weight is 318 g/mol. The summed E-state index contributed by atoms with van der Waals surface area (Å²) in [6.07, 6.45) is 0.521. The fourth-order valence-corrected chi connectivity index (χ4v) is 2.43. The molecule has 2 amide bonds. The van der Waals surface area contributed by atoms with E-state index in [1.54, 1.807) is 19.2 Å². The first-order valence-corrected chi connectivity index (χ1v) is 7.57. The monoisotopic (exact) mass is 318 g/mol. The van der Waals surface area contributed by atoms with Gasteiger partial charge in [0.1, 0.15) is 11.7 Å². The molecule has 0 spiro atoms. The standard InChI is InChI=1S/C17H22N2O4/c1-5-10(2)23-16(20)14-11(3)18-17(21)19-15(14)12-7-6-8-13(9-12)22-4/h6-10,14-15H,3,5H2,1-2,4H3,(H2,18,19,21). The Kier molecular flexibility index (Phi) is 5.26. The number of rotatable bonds is 5. The van der Waals surface area contributed by atoms with Crippen molar-refractivity contribution in [3.8, 4) is 5.75 Å². The summed E-state index contributed by atoms with van der Waals surface area (Å²) in [6.45, 7) is 7.58. The zero-order valence-corrected chi connectivity index (χ0v) is 13.6. The molecular formula is C17H22N2O4. The van der Waals surface area contributed by atoms with E-state index in [1.807, 2.05) is 26.0 Å². The molecule has 1 fully saturated rings. The molecule has 1 heterocycles. The molecule has 2 N–H and O–H groups in total. The highest BCUT2D eigenvalue weighted by Gasteiger charge is 2.39. The maximum Gasteiger partial charge on any atom is 0.319 e. The number of hydrogen-bond donors (Lipinski definition) is 2. The average Bonchev–Trinajstić information content (AvgIpc) is 2.53. The van der Waals surface area contributed by atoms with Crippen molar-refractivity contribution >= 4 is 12.0 Å². The summed E-state index contributed by atoms with van der Waals surface area (Å²) in [4.78, 5) is 24.3. The number of benzene rings is 1. The molecule has 0 aromatic heterocycles. The van der Waals surface area contributed by atoms with Gasteiger partial charge < -0.3 is 20.1 Å². The van der Waals surface area contributed by atoms with Crippen LogP contribution in [0, 0.1) is 5.92 Å². The van der Waals surface area contributed by atoms with Gasteiger partial charge in [0.05, 0.1) is 19.3 Å². The molecule has 0 bridgehead atoms. The highest BCUT2D eigenvalue weighted by Crippen LogP contribution is 2.32. The lowest BCUT2D eigenvalue weighted by Crippen LogP contribution is -2.51. The number of methoxy groups -OCH3 is 1. The van der Waals surface area contributed by atoms with Crippen LogP contribution in [0.5, 0.6) is 5.75 Å². The topological polar surface area (TPSA) is 76.7 Å². The van der Waals surface area contributed by atoms with E-state index in [0.717, 1.165) is 5.56 Å². The van der Waals surface area contributed by atoms with Crippen LogP contribution in [0.4, 0.5) is 4.79 Å². The Labute approximate surface area is 135 Å². The van der Waals surface area contributed by atoms with Crippen molar-refractivity contribution in [2.75, 3.05) is 7.11 Å². The lowest BCUT2D eigenvalue weighted by molar-refractivity contribution is -0.153. The maximum atomic E-state index is 12.5. The number of urea groups is 1. The fourth-order valence-electron chi connectivity index (χ4n) is 2.43. The molecule has 3 unspecified atom stereocenters. The van der Waals surface area contributed by atoms with Gasteiger partial charge >= 0.3 is 12.0 Å². The Balaban J connectivity index is 2.32. The van der Waals surface area contributed by atoms with Gasteiger partial charge in [-0.15, -0.1) is 0 Å². The van der Waals surface area contributed by atoms with Crippen LogP contribution >= 0.6 is 0 Å². The van der Waals surface area contributed by atoms with E-state index in [-0.39, 0.29) is 6.10 Å². The van der Waals surface area contributed by atoms with E-state index in [4.69, 9.17) is 9.47 Å². The van der Waals surface area contributed by atoms with Crippen LogP contribution in [-0.4, -0.2) is 25.2 Å². The van der Waals surface area contributed by atoms with Gasteiger partial charge in [-0.1, -0.05) is 25.6 Å². The van der Waals surface area contributed by atoms with Crippen molar-refractivity contribution < 1.29 is 19.1 Å². The molecule has 0 saturated carbocycles. The van der Waals surface area contributed by atoms with E-state index < -0.39 is 24.0 Å². The second kappa shape index (κ2) is 7.17. The first kappa shape index (κ1) is 16.9. The first-order chi connectivity index (χ1) is 11.0. The molecule has 0 aliphatic carbocycles. The van der Waals surface area contributed by atoms with Crippen molar-refractivity contribution in [3.05, 3.63) is 42.1 Å². The predicted molar refractivity (Wildman–Crippen MR) is 85.9 cm³/mol. The number of hydrogen-bond acceptors (Lipinski definition) is 4. The zero-order valence-electron chi connectivity index (χ0n) is 13.6. The number of carbonyl (C=O) groups is 2. The van der Waals surface area contributed by atoms with Gasteiger partial charge in [-0.25, -0.2) is 4.79 Å². The minimum absolute atomic E-state index is 0.195.